The fourth-order valence-corrected chi connectivity index (χ4v) is 1.19. The van der Waals surface area contributed by atoms with Gasteiger partial charge in [0.1, 0.15) is 0 Å². The van der Waals surface area contributed by atoms with Crippen molar-refractivity contribution in [3.63, 3.8) is 0 Å². The zero-order valence-electron chi connectivity index (χ0n) is 6.63. The molecular formula is C9H10O2. The number of hydrogen-bond donors (Lipinski definition) is 0. The maximum atomic E-state index is 5.37. The number of rotatable bonds is 0. The molecular weight excluding hydrogens is 140 g/mol. The van der Waals surface area contributed by atoms with Gasteiger partial charge in [0.05, 0.1) is 0 Å². The third-order valence-corrected chi connectivity index (χ3v) is 1.69. The summed E-state index contributed by atoms with van der Waals surface area (Å²) in [7, 11) is 0. The molecule has 2 rings (SSSR count). The van der Waals surface area contributed by atoms with E-state index in [1.165, 1.54) is 5.56 Å². The molecule has 1 unspecified atom stereocenters. The Balaban J connectivity index is 2.43. The molecule has 2 nitrogen and oxygen atoms in total. The van der Waals surface area contributed by atoms with Crippen LogP contribution in [0.1, 0.15) is 12.5 Å². The summed E-state index contributed by atoms with van der Waals surface area (Å²) in [5.41, 5.74) is 1.20. The van der Waals surface area contributed by atoms with Crippen molar-refractivity contribution in [2.45, 2.75) is 20.1 Å². The molecule has 0 bridgehead atoms. The molecule has 0 amide bonds. The summed E-state index contributed by atoms with van der Waals surface area (Å²) in [4.78, 5) is 0. The Morgan fingerprint density at radius 3 is 2.73 bits per heavy atom. The fraction of sp³-hybridized carbons (Fsp3) is 0.333. The summed E-state index contributed by atoms with van der Waals surface area (Å²) in [5.74, 6) is 1.71. The van der Waals surface area contributed by atoms with Crippen LogP contribution in [-0.2, 0) is 0 Å². The van der Waals surface area contributed by atoms with E-state index in [9.17, 15) is 0 Å². The van der Waals surface area contributed by atoms with Crippen LogP contribution in [0.15, 0.2) is 18.2 Å². The number of hydrogen-bond acceptors (Lipinski definition) is 2. The molecule has 1 aromatic rings. The van der Waals surface area contributed by atoms with Crippen LogP contribution in [0.25, 0.3) is 0 Å². The number of benzene rings is 1. The molecule has 0 aliphatic carbocycles. The fourth-order valence-electron chi connectivity index (χ4n) is 1.19. The molecule has 0 radical (unpaired) electrons. The first kappa shape index (κ1) is 6.53. The SMILES string of the molecule is Cc1ccc2c(c1)OC(C)O2. The Morgan fingerprint density at radius 2 is 1.91 bits per heavy atom. The highest BCUT2D eigenvalue weighted by atomic mass is 16.7. The molecule has 0 saturated heterocycles. The molecule has 0 saturated carbocycles. The van der Waals surface area contributed by atoms with E-state index in [0.717, 1.165) is 11.5 Å². The van der Waals surface area contributed by atoms with Crippen molar-refractivity contribution in [1.29, 1.82) is 0 Å². The highest BCUT2D eigenvalue weighted by Gasteiger charge is 2.18. The molecule has 0 spiro atoms. The first-order chi connectivity index (χ1) is 5.25. The first-order valence-electron chi connectivity index (χ1n) is 3.70. The predicted octanol–water partition coefficient (Wildman–Crippen LogP) is 2.11. The second-order valence-electron chi connectivity index (χ2n) is 2.75. The smallest absolute Gasteiger partial charge is 0.238 e. The predicted molar refractivity (Wildman–Crippen MR) is 41.9 cm³/mol. The topological polar surface area (TPSA) is 18.5 Å². The maximum Gasteiger partial charge on any atom is 0.238 e. The zero-order valence-corrected chi connectivity index (χ0v) is 6.63. The second-order valence-corrected chi connectivity index (χ2v) is 2.75. The molecule has 58 valence electrons. The van der Waals surface area contributed by atoms with Gasteiger partial charge in [-0.05, 0) is 24.6 Å². The number of aryl methyl sites for hydroxylation is 1. The van der Waals surface area contributed by atoms with Crippen LogP contribution in [0.3, 0.4) is 0 Å². The van der Waals surface area contributed by atoms with Gasteiger partial charge in [-0.2, -0.15) is 0 Å². The van der Waals surface area contributed by atoms with E-state index in [4.69, 9.17) is 9.47 Å². The van der Waals surface area contributed by atoms with Gasteiger partial charge in [0.2, 0.25) is 6.29 Å². The Morgan fingerprint density at radius 1 is 1.18 bits per heavy atom. The van der Waals surface area contributed by atoms with E-state index in [2.05, 4.69) is 0 Å². The van der Waals surface area contributed by atoms with Crippen LogP contribution in [0.2, 0.25) is 0 Å². The third kappa shape index (κ3) is 1.04. The lowest BCUT2D eigenvalue weighted by molar-refractivity contribution is 0.0678. The molecule has 1 aliphatic rings. The summed E-state index contributed by atoms with van der Waals surface area (Å²) in [6, 6.07) is 5.94. The van der Waals surface area contributed by atoms with E-state index < -0.39 is 0 Å². The lowest BCUT2D eigenvalue weighted by Crippen LogP contribution is -2.11. The maximum absolute atomic E-state index is 5.37. The minimum absolute atomic E-state index is 0.133. The zero-order chi connectivity index (χ0) is 7.84. The lowest BCUT2D eigenvalue weighted by atomic mass is 10.2. The van der Waals surface area contributed by atoms with Gasteiger partial charge in [-0.3, -0.25) is 0 Å². The van der Waals surface area contributed by atoms with E-state index >= 15 is 0 Å². The van der Waals surface area contributed by atoms with Crippen LogP contribution < -0.4 is 9.47 Å². The molecule has 2 heteroatoms. The third-order valence-electron chi connectivity index (χ3n) is 1.69. The molecule has 0 N–H and O–H groups in total. The van der Waals surface area contributed by atoms with Gasteiger partial charge in [-0.25, -0.2) is 0 Å². The Bertz CT molecular complexity index is 281. The molecule has 1 heterocycles. The van der Waals surface area contributed by atoms with Gasteiger partial charge < -0.3 is 9.47 Å². The van der Waals surface area contributed by atoms with Crippen LogP contribution >= 0.6 is 0 Å². The highest BCUT2D eigenvalue weighted by Crippen LogP contribution is 2.34. The largest absolute Gasteiger partial charge is 0.451 e. The van der Waals surface area contributed by atoms with Crippen molar-refractivity contribution in [2.24, 2.45) is 0 Å². The standard InChI is InChI=1S/C9H10O2/c1-6-3-4-8-9(5-6)11-7(2)10-8/h3-5,7H,1-2H3. The minimum atomic E-state index is -0.133. The average Bonchev–Trinajstić information content (AvgIpc) is 2.27. The van der Waals surface area contributed by atoms with Gasteiger partial charge in [0.15, 0.2) is 11.5 Å². The van der Waals surface area contributed by atoms with Crippen molar-refractivity contribution in [3.05, 3.63) is 23.8 Å². The van der Waals surface area contributed by atoms with Crippen molar-refractivity contribution >= 4 is 0 Å². The van der Waals surface area contributed by atoms with Crippen LogP contribution in [0.4, 0.5) is 0 Å². The summed E-state index contributed by atoms with van der Waals surface area (Å²) in [6.07, 6.45) is -0.133. The van der Waals surface area contributed by atoms with Crippen molar-refractivity contribution in [1.82, 2.24) is 0 Å². The Kier molecular flexibility index (Phi) is 1.28. The van der Waals surface area contributed by atoms with Crippen molar-refractivity contribution in [3.8, 4) is 11.5 Å². The molecule has 1 aromatic carbocycles. The van der Waals surface area contributed by atoms with Gasteiger partial charge in [0.25, 0.3) is 0 Å². The van der Waals surface area contributed by atoms with Crippen LogP contribution in [-0.4, -0.2) is 6.29 Å². The van der Waals surface area contributed by atoms with Crippen LogP contribution in [0.5, 0.6) is 11.5 Å². The van der Waals surface area contributed by atoms with Crippen LogP contribution in [0, 0.1) is 6.92 Å². The number of ether oxygens (including phenoxy) is 2. The first-order valence-corrected chi connectivity index (χ1v) is 3.70. The highest BCUT2D eigenvalue weighted by molar-refractivity contribution is 5.44. The quantitative estimate of drug-likeness (QED) is 0.564. The lowest BCUT2D eigenvalue weighted by Gasteiger charge is -1.99. The molecule has 11 heavy (non-hydrogen) atoms. The van der Waals surface area contributed by atoms with Gasteiger partial charge in [-0.15, -0.1) is 0 Å². The summed E-state index contributed by atoms with van der Waals surface area (Å²) >= 11 is 0. The van der Waals surface area contributed by atoms with E-state index in [-0.39, 0.29) is 6.29 Å². The van der Waals surface area contributed by atoms with E-state index in [1.54, 1.807) is 0 Å². The van der Waals surface area contributed by atoms with Gasteiger partial charge >= 0.3 is 0 Å². The summed E-state index contributed by atoms with van der Waals surface area (Å²) in [5, 5.41) is 0. The normalized spacial score (nSPS) is 20.4. The monoisotopic (exact) mass is 150 g/mol. The van der Waals surface area contributed by atoms with Gasteiger partial charge in [0, 0.05) is 6.92 Å². The Labute approximate surface area is 65.7 Å². The van der Waals surface area contributed by atoms with Crippen molar-refractivity contribution < 1.29 is 9.47 Å². The minimum Gasteiger partial charge on any atom is -0.451 e. The summed E-state index contributed by atoms with van der Waals surface area (Å²) < 4.78 is 10.7. The average molecular weight is 150 g/mol. The number of fused-ring (bicyclic) bond motifs is 1. The molecule has 0 aromatic heterocycles. The second kappa shape index (κ2) is 2.16. The molecule has 0 fully saturated rings. The van der Waals surface area contributed by atoms with Gasteiger partial charge in [-0.1, -0.05) is 6.07 Å². The van der Waals surface area contributed by atoms with Crippen molar-refractivity contribution in [2.75, 3.05) is 0 Å². The summed E-state index contributed by atoms with van der Waals surface area (Å²) in [6.45, 7) is 3.92. The van der Waals surface area contributed by atoms with E-state index in [1.807, 2.05) is 32.0 Å². The molecule has 1 atom stereocenters. The Hall–Kier alpha value is -1.18. The molecule has 1 aliphatic heterocycles. The van der Waals surface area contributed by atoms with E-state index in [0.29, 0.717) is 0 Å².